The lowest BCUT2D eigenvalue weighted by Crippen LogP contribution is -2.50. The number of piperidine rings is 1. The lowest BCUT2D eigenvalue weighted by molar-refractivity contribution is -0.122. The molecule has 1 heterocycles. The van der Waals surface area contributed by atoms with Gasteiger partial charge in [0, 0.05) is 50.2 Å². The molecule has 1 aliphatic heterocycles. The van der Waals surface area contributed by atoms with E-state index in [4.69, 9.17) is 11.6 Å². The summed E-state index contributed by atoms with van der Waals surface area (Å²) in [6, 6.07) is 8.58. The molecule has 6 nitrogen and oxygen atoms in total. The standard InChI is InChI=1S/C20H30ClN5O/c1-22-18(27)13-26-10-6-17(7-11-26)25-19(23-2)24-14-20(8-9-20)15-4-3-5-16(21)12-15/h3-5,12,17H,6-11,13-14H2,1-2H3,(H,22,27)(H2,23,24,25). The molecule has 0 spiro atoms. The number of nitrogens with one attached hydrogen (secondary N) is 3. The normalized spacial score (nSPS) is 20.2. The first-order chi connectivity index (χ1) is 13.0. The number of carbonyl (C=O) groups is 1. The van der Waals surface area contributed by atoms with E-state index in [1.54, 1.807) is 7.05 Å². The zero-order chi connectivity index (χ0) is 19.3. The van der Waals surface area contributed by atoms with Crippen LogP contribution in [0.2, 0.25) is 5.02 Å². The van der Waals surface area contributed by atoms with Crippen LogP contribution in [0.4, 0.5) is 0 Å². The van der Waals surface area contributed by atoms with E-state index in [1.165, 1.54) is 18.4 Å². The molecule has 3 N–H and O–H groups in total. The van der Waals surface area contributed by atoms with Crippen molar-refractivity contribution in [2.45, 2.75) is 37.1 Å². The van der Waals surface area contributed by atoms with Gasteiger partial charge in [-0.05, 0) is 43.4 Å². The van der Waals surface area contributed by atoms with Crippen LogP contribution in [-0.4, -0.2) is 63.1 Å². The van der Waals surface area contributed by atoms with Gasteiger partial charge in [-0.1, -0.05) is 23.7 Å². The van der Waals surface area contributed by atoms with E-state index in [-0.39, 0.29) is 11.3 Å². The number of benzene rings is 1. The summed E-state index contributed by atoms with van der Waals surface area (Å²) in [5, 5.41) is 10.5. The maximum absolute atomic E-state index is 11.5. The predicted molar refractivity (Wildman–Crippen MR) is 110 cm³/mol. The van der Waals surface area contributed by atoms with Gasteiger partial charge >= 0.3 is 0 Å². The van der Waals surface area contributed by atoms with E-state index in [0.29, 0.717) is 12.6 Å². The Balaban J connectivity index is 1.46. The molecule has 0 aromatic heterocycles. The molecule has 3 rings (SSSR count). The van der Waals surface area contributed by atoms with Crippen LogP contribution in [0, 0.1) is 0 Å². The van der Waals surface area contributed by atoms with E-state index in [0.717, 1.165) is 43.5 Å². The SMILES string of the molecule is CN=C(NCC1(c2cccc(Cl)c2)CC1)NC1CCN(CC(=O)NC)CC1. The van der Waals surface area contributed by atoms with Crippen LogP contribution in [0.15, 0.2) is 29.3 Å². The van der Waals surface area contributed by atoms with Crippen molar-refractivity contribution < 1.29 is 4.79 Å². The molecule has 1 amide bonds. The number of carbonyl (C=O) groups excluding carboxylic acids is 1. The van der Waals surface area contributed by atoms with Gasteiger partial charge < -0.3 is 16.0 Å². The summed E-state index contributed by atoms with van der Waals surface area (Å²) in [4.78, 5) is 18.1. The molecule has 7 heteroatoms. The number of rotatable bonds is 6. The third kappa shape index (κ3) is 5.36. The van der Waals surface area contributed by atoms with E-state index < -0.39 is 0 Å². The van der Waals surface area contributed by atoms with Crippen molar-refractivity contribution in [1.82, 2.24) is 20.9 Å². The molecule has 27 heavy (non-hydrogen) atoms. The molecule has 2 aliphatic rings. The maximum atomic E-state index is 11.5. The van der Waals surface area contributed by atoms with Crippen LogP contribution < -0.4 is 16.0 Å². The zero-order valence-electron chi connectivity index (χ0n) is 16.2. The third-order valence-electron chi connectivity index (χ3n) is 5.68. The molecule has 2 fully saturated rings. The molecule has 148 valence electrons. The summed E-state index contributed by atoms with van der Waals surface area (Å²) >= 11 is 6.16. The van der Waals surface area contributed by atoms with Crippen molar-refractivity contribution >= 4 is 23.5 Å². The minimum absolute atomic E-state index is 0.0784. The smallest absolute Gasteiger partial charge is 0.233 e. The quantitative estimate of drug-likeness (QED) is 0.510. The molecular weight excluding hydrogens is 362 g/mol. The number of halogens is 1. The Kier molecular flexibility index (Phi) is 6.60. The first-order valence-corrected chi connectivity index (χ1v) is 10.1. The molecule has 0 bridgehead atoms. The number of hydrogen-bond donors (Lipinski definition) is 3. The second kappa shape index (κ2) is 8.93. The van der Waals surface area contributed by atoms with E-state index in [2.05, 4.69) is 38.0 Å². The molecule has 0 atom stereocenters. The minimum Gasteiger partial charge on any atom is -0.358 e. The Morgan fingerprint density at radius 1 is 1.33 bits per heavy atom. The Bertz CT molecular complexity index is 681. The number of hydrogen-bond acceptors (Lipinski definition) is 3. The lowest BCUT2D eigenvalue weighted by atomic mass is 9.96. The Morgan fingerprint density at radius 3 is 2.67 bits per heavy atom. The first-order valence-electron chi connectivity index (χ1n) is 9.71. The van der Waals surface area contributed by atoms with Crippen LogP contribution in [0.1, 0.15) is 31.2 Å². The summed E-state index contributed by atoms with van der Waals surface area (Å²) in [6.45, 7) is 3.20. The predicted octanol–water partition coefficient (Wildman–Crippen LogP) is 1.75. The zero-order valence-corrected chi connectivity index (χ0v) is 17.0. The van der Waals surface area contributed by atoms with Crippen LogP contribution in [0.5, 0.6) is 0 Å². The number of likely N-dealkylation sites (N-methyl/N-ethyl adjacent to an activating group) is 1. The van der Waals surface area contributed by atoms with Crippen molar-refractivity contribution in [3.63, 3.8) is 0 Å². The molecule has 1 aliphatic carbocycles. The number of aliphatic imine (C=N–C) groups is 1. The highest BCUT2D eigenvalue weighted by Crippen LogP contribution is 2.48. The van der Waals surface area contributed by atoms with Gasteiger partial charge in [0.2, 0.25) is 5.91 Å². The summed E-state index contributed by atoms with van der Waals surface area (Å²) in [6.07, 6.45) is 4.37. The molecule has 0 radical (unpaired) electrons. The van der Waals surface area contributed by atoms with Gasteiger partial charge in [-0.15, -0.1) is 0 Å². The second-order valence-electron chi connectivity index (χ2n) is 7.58. The molecule has 0 unspecified atom stereocenters. The summed E-state index contributed by atoms with van der Waals surface area (Å²) in [5.74, 6) is 0.933. The van der Waals surface area contributed by atoms with Crippen molar-refractivity contribution in [2.24, 2.45) is 4.99 Å². The number of amides is 1. The Hall–Kier alpha value is -1.79. The fourth-order valence-electron chi connectivity index (χ4n) is 3.70. The van der Waals surface area contributed by atoms with Gasteiger partial charge in [-0.3, -0.25) is 14.7 Å². The van der Waals surface area contributed by atoms with Crippen molar-refractivity contribution in [3.05, 3.63) is 34.9 Å². The van der Waals surface area contributed by atoms with Crippen molar-refractivity contribution in [3.8, 4) is 0 Å². The van der Waals surface area contributed by atoms with Crippen LogP contribution >= 0.6 is 11.6 Å². The van der Waals surface area contributed by atoms with Gasteiger partial charge in [0.15, 0.2) is 5.96 Å². The number of nitrogens with zero attached hydrogens (tertiary/aromatic N) is 2. The Morgan fingerprint density at radius 2 is 2.07 bits per heavy atom. The maximum Gasteiger partial charge on any atom is 0.233 e. The topological polar surface area (TPSA) is 68.8 Å². The molecule has 1 saturated carbocycles. The largest absolute Gasteiger partial charge is 0.358 e. The Labute approximate surface area is 166 Å². The summed E-state index contributed by atoms with van der Waals surface area (Å²) in [7, 11) is 3.50. The van der Waals surface area contributed by atoms with E-state index in [1.807, 2.05) is 19.2 Å². The minimum atomic E-state index is 0.0784. The van der Waals surface area contributed by atoms with E-state index in [9.17, 15) is 4.79 Å². The van der Waals surface area contributed by atoms with Gasteiger partial charge in [0.1, 0.15) is 0 Å². The number of likely N-dealkylation sites (tertiary alicyclic amines) is 1. The fourth-order valence-corrected chi connectivity index (χ4v) is 3.89. The highest BCUT2D eigenvalue weighted by atomic mass is 35.5. The molecule has 1 aromatic carbocycles. The van der Waals surface area contributed by atoms with Crippen molar-refractivity contribution in [1.29, 1.82) is 0 Å². The van der Waals surface area contributed by atoms with Gasteiger partial charge in [0.05, 0.1) is 6.54 Å². The average molecular weight is 392 g/mol. The first kappa shape index (κ1) is 20.0. The summed E-state index contributed by atoms with van der Waals surface area (Å²) < 4.78 is 0. The van der Waals surface area contributed by atoms with Gasteiger partial charge in [0.25, 0.3) is 0 Å². The molecule has 1 aromatic rings. The highest BCUT2D eigenvalue weighted by molar-refractivity contribution is 6.30. The van der Waals surface area contributed by atoms with Crippen LogP contribution in [0.3, 0.4) is 0 Å². The fraction of sp³-hybridized carbons (Fsp3) is 0.600. The molecular formula is C20H30ClN5O. The van der Waals surface area contributed by atoms with Crippen LogP contribution in [0.25, 0.3) is 0 Å². The van der Waals surface area contributed by atoms with Gasteiger partial charge in [-0.2, -0.15) is 0 Å². The summed E-state index contributed by atoms with van der Waals surface area (Å²) in [5.41, 5.74) is 1.49. The van der Waals surface area contributed by atoms with Crippen LogP contribution in [-0.2, 0) is 10.2 Å². The van der Waals surface area contributed by atoms with Crippen molar-refractivity contribution in [2.75, 3.05) is 40.3 Å². The number of guanidine groups is 1. The lowest BCUT2D eigenvalue weighted by Gasteiger charge is -2.32. The molecule has 1 saturated heterocycles. The van der Waals surface area contributed by atoms with Gasteiger partial charge in [-0.25, -0.2) is 0 Å². The third-order valence-corrected chi connectivity index (χ3v) is 5.92. The monoisotopic (exact) mass is 391 g/mol. The van der Waals surface area contributed by atoms with E-state index >= 15 is 0 Å². The average Bonchev–Trinajstić information content (AvgIpc) is 3.47. The highest BCUT2D eigenvalue weighted by Gasteiger charge is 2.44. The second-order valence-corrected chi connectivity index (χ2v) is 8.02.